The molecule has 0 aromatic carbocycles. The van der Waals surface area contributed by atoms with Gasteiger partial charge >= 0.3 is 6.01 Å². The summed E-state index contributed by atoms with van der Waals surface area (Å²) in [4.78, 5) is 32.8. The molecule has 1 fully saturated rings. The van der Waals surface area contributed by atoms with Gasteiger partial charge < -0.3 is 9.47 Å². The van der Waals surface area contributed by atoms with Crippen molar-refractivity contribution in [2.24, 2.45) is 0 Å². The third-order valence-electron chi connectivity index (χ3n) is 2.76. The molecule has 1 amide bonds. The van der Waals surface area contributed by atoms with E-state index in [4.69, 9.17) is 9.47 Å². The van der Waals surface area contributed by atoms with Crippen LogP contribution in [0.3, 0.4) is 0 Å². The highest BCUT2D eigenvalue weighted by Crippen LogP contribution is 2.29. The first-order valence-corrected chi connectivity index (χ1v) is 6.86. The lowest BCUT2D eigenvalue weighted by Gasteiger charge is -2.16. The summed E-state index contributed by atoms with van der Waals surface area (Å²) in [6, 6.07) is 1.70. The molecule has 1 aliphatic heterocycles. The number of aromatic nitrogens is 2. The summed E-state index contributed by atoms with van der Waals surface area (Å²) in [5.41, 5.74) is 0. The van der Waals surface area contributed by atoms with E-state index in [1.807, 2.05) is 0 Å². The molecule has 1 saturated heterocycles. The van der Waals surface area contributed by atoms with Crippen molar-refractivity contribution in [3.05, 3.63) is 6.07 Å². The van der Waals surface area contributed by atoms with Crippen LogP contribution in [-0.2, 0) is 9.59 Å². The van der Waals surface area contributed by atoms with Crippen molar-refractivity contribution in [3.63, 3.8) is 0 Å². The zero-order valence-corrected chi connectivity index (χ0v) is 12.3. The first kappa shape index (κ1) is 14.6. The Labute approximate surface area is 120 Å². The van der Waals surface area contributed by atoms with Gasteiger partial charge in [0.1, 0.15) is 5.82 Å². The highest BCUT2D eigenvalue weighted by Gasteiger charge is 2.33. The minimum atomic E-state index is -0.0773. The Kier molecular flexibility index (Phi) is 4.43. The van der Waals surface area contributed by atoms with Gasteiger partial charge in [0.05, 0.1) is 14.2 Å². The van der Waals surface area contributed by atoms with Crippen molar-refractivity contribution in [1.82, 2.24) is 9.97 Å². The predicted molar refractivity (Wildman–Crippen MR) is 74.2 cm³/mol. The molecule has 0 N–H and O–H groups in total. The van der Waals surface area contributed by atoms with Crippen LogP contribution >= 0.6 is 11.8 Å². The fourth-order valence-electron chi connectivity index (χ4n) is 1.94. The second kappa shape index (κ2) is 6.08. The number of hydrogen-bond acceptors (Lipinski definition) is 7. The molecule has 0 bridgehead atoms. The molecule has 0 saturated carbocycles. The number of carbonyl (C=O) groups is 2. The van der Waals surface area contributed by atoms with E-state index in [0.717, 1.165) is 0 Å². The molecule has 20 heavy (non-hydrogen) atoms. The maximum Gasteiger partial charge on any atom is 0.321 e. The van der Waals surface area contributed by atoms with Gasteiger partial charge in [-0.25, -0.2) is 0 Å². The molecule has 1 unspecified atom stereocenters. The number of amides is 1. The second-order valence-corrected chi connectivity index (χ2v) is 5.67. The number of methoxy groups -OCH3 is 2. The number of anilines is 1. The van der Waals surface area contributed by atoms with Gasteiger partial charge in [-0.2, -0.15) is 9.97 Å². The van der Waals surface area contributed by atoms with Crippen molar-refractivity contribution >= 4 is 28.6 Å². The van der Waals surface area contributed by atoms with Gasteiger partial charge in [-0.1, -0.05) is 11.8 Å². The van der Waals surface area contributed by atoms with E-state index in [9.17, 15) is 9.59 Å². The molecule has 0 radical (unpaired) electrons. The van der Waals surface area contributed by atoms with E-state index < -0.39 is 0 Å². The number of rotatable bonds is 4. The minimum Gasteiger partial charge on any atom is -0.481 e. The lowest BCUT2D eigenvalue weighted by Crippen LogP contribution is -2.26. The highest BCUT2D eigenvalue weighted by atomic mass is 32.2. The van der Waals surface area contributed by atoms with Crippen molar-refractivity contribution in [2.75, 3.05) is 25.7 Å². The summed E-state index contributed by atoms with van der Waals surface area (Å²) >= 11 is 1.18. The third-order valence-corrected chi connectivity index (χ3v) is 3.74. The van der Waals surface area contributed by atoms with Gasteiger partial charge in [0.2, 0.25) is 11.8 Å². The van der Waals surface area contributed by atoms with Crippen molar-refractivity contribution in [1.29, 1.82) is 0 Å². The van der Waals surface area contributed by atoms with Crippen LogP contribution in [0.2, 0.25) is 0 Å². The van der Waals surface area contributed by atoms with Crippen LogP contribution in [0.1, 0.15) is 13.3 Å². The predicted octanol–water partition coefficient (Wildman–Crippen LogP) is 0.879. The summed E-state index contributed by atoms with van der Waals surface area (Å²) in [6.45, 7) is 1.93. The molecular weight excluding hydrogens is 282 g/mol. The molecule has 1 atom stereocenters. The monoisotopic (exact) mass is 297 g/mol. The number of hydrogen-bond donors (Lipinski definition) is 0. The van der Waals surface area contributed by atoms with Crippen LogP contribution in [0, 0.1) is 0 Å². The van der Waals surface area contributed by atoms with E-state index in [0.29, 0.717) is 24.7 Å². The quantitative estimate of drug-likeness (QED) is 0.815. The zero-order valence-electron chi connectivity index (χ0n) is 11.5. The van der Waals surface area contributed by atoms with Crippen molar-refractivity contribution < 1.29 is 19.1 Å². The Morgan fingerprint density at radius 1 is 1.40 bits per heavy atom. The molecule has 2 heterocycles. The summed E-state index contributed by atoms with van der Waals surface area (Å²) in [5.74, 6) is 0.666. The van der Waals surface area contributed by atoms with Crippen LogP contribution in [0.5, 0.6) is 11.9 Å². The Hall–Kier alpha value is -1.83. The topological polar surface area (TPSA) is 81.6 Å². The van der Waals surface area contributed by atoms with Crippen molar-refractivity contribution in [2.45, 2.75) is 18.6 Å². The highest BCUT2D eigenvalue weighted by molar-refractivity contribution is 8.14. The number of nitrogens with zero attached hydrogens (tertiary/aromatic N) is 3. The van der Waals surface area contributed by atoms with Gasteiger partial charge in [0.25, 0.3) is 0 Å². The molecule has 1 aliphatic rings. The SMILES string of the molecule is COc1cc(N2CC(SC(C)=O)CC2=O)nc(OC)n1. The Balaban J connectivity index is 2.23. The minimum absolute atomic E-state index is 0.00231. The maximum atomic E-state index is 12.0. The van der Waals surface area contributed by atoms with Crippen molar-refractivity contribution in [3.8, 4) is 11.9 Å². The average molecular weight is 297 g/mol. The smallest absolute Gasteiger partial charge is 0.321 e. The number of ether oxygens (including phenoxy) is 2. The molecule has 7 nitrogen and oxygen atoms in total. The molecule has 1 aromatic rings. The van der Waals surface area contributed by atoms with E-state index in [-0.39, 0.29) is 22.3 Å². The largest absolute Gasteiger partial charge is 0.481 e. The fourth-order valence-corrected chi connectivity index (χ4v) is 2.86. The third kappa shape index (κ3) is 3.19. The lowest BCUT2D eigenvalue weighted by atomic mass is 10.4. The van der Waals surface area contributed by atoms with E-state index >= 15 is 0 Å². The van der Waals surface area contributed by atoms with Crippen LogP contribution < -0.4 is 14.4 Å². The summed E-state index contributed by atoms with van der Waals surface area (Å²) in [5, 5.41) is -0.0468. The average Bonchev–Trinajstić information content (AvgIpc) is 2.78. The van der Waals surface area contributed by atoms with Gasteiger partial charge in [0.15, 0.2) is 5.12 Å². The van der Waals surface area contributed by atoms with E-state index in [1.165, 1.54) is 37.8 Å². The molecule has 108 valence electrons. The normalized spacial score (nSPS) is 18.2. The number of carbonyl (C=O) groups excluding carboxylic acids is 2. The van der Waals surface area contributed by atoms with Crippen LogP contribution in [-0.4, -0.2) is 47.0 Å². The van der Waals surface area contributed by atoms with Crippen LogP contribution in [0.4, 0.5) is 5.82 Å². The van der Waals surface area contributed by atoms with Crippen LogP contribution in [0.25, 0.3) is 0 Å². The van der Waals surface area contributed by atoms with Gasteiger partial charge in [0, 0.05) is 31.2 Å². The Morgan fingerprint density at radius 3 is 2.75 bits per heavy atom. The molecule has 8 heteroatoms. The fraction of sp³-hybridized carbons (Fsp3) is 0.500. The number of thioether (sulfide) groups is 1. The summed E-state index contributed by atoms with van der Waals surface area (Å²) < 4.78 is 10.0. The van der Waals surface area contributed by atoms with E-state index in [2.05, 4.69) is 9.97 Å². The van der Waals surface area contributed by atoms with Gasteiger partial charge in [-0.3, -0.25) is 14.5 Å². The molecular formula is C12H15N3O4S. The van der Waals surface area contributed by atoms with Crippen LogP contribution in [0.15, 0.2) is 6.07 Å². The zero-order chi connectivity index (χ0) is 14.7. The standard InChI is InChI=1S/C12H15N3O4S/c1-7(16)20-8-4-11(17)15(6-8)9-5-10(18-2)14-12(13-9)19-3/h5,8H,4,6H2,1-3H3. The molecule has 1 aromatic heterocycles. The Morgan fingerprint density at radius 2 is 2.15 bits per heavy atom. The summed E-state index contributed by atoms with van der Waals surface area (Å²) in [6.07, 6.45) is 0.318. The van der Waals surface area contributed by atoms with E-state index in [1.54, 1.807) is 6.07 Å². The second-order valence-electron chi connectivity index (χ2n) is 4.20. The molecule has 2 rings (SSSR count). The first-order valence-electron chi connectivity index (χ1n) is 5.98. The Bertz CT molecular complexity index is 515. The first-order chi connectivity index (χ1) is 9.53. The molecule has 0 spiro atoms. The summed E-state index contributed by atoms with van der Waals surface area (Å²) in [7, 11) is 2.92. The maximum absolute atomic E-state index is 12.0. The van der Waals surface area contributed by atoms with Gasteiger partial charge in [-0.05, 0) is 0 Å². The lowest BCUT2D eigenvalue weighted by molar-refractivity contribution is -0.117. The van der Waals surface area contributed by atoms with Gasteiger partial charge in [-0.15, -0.1) is 0 Å². The molecule has 0 aliphatic carbocycles.